The number of hydrogen-bond acceptors (Lipinski definition) is 0. The lowest BCUT2D eigenvalue weighted by molar-refractivity contribution is 1.68. The van der Waals surface area contributed by atoms with Crippen LogP contribution < -0.4 is 31.8 Å². The van der Waals surface area contributed by atoms with Crippen molar-refractivity contribution < 1.29 is 0 Å². The minimum Gasteiger partial charge on any atom is -0.0620 e. The Kier molecular flexibility index (Phi) is 7.51. The molecule has 0 atom stereocenters. The van der Waals surface area contributed by atoms with Gasteiger partial charge in [0.25, 0.3) is 0 Å². The van der Waals surface area contributed by atoms with E-state index in [2.05, 4.69) is 182 Å². The second-order valence-corrected chi connectivity index (χ2v) is 17.2. The van der Waals surface area contributed by atoms with Crippen LogP contribution in [0.25, 0.3) is 0 Å². The predicted molar refractivity (Wildman–Crippen MR) is 175 cm³/mol. The highest BCUT2D eigenvalue weighted by atomic mass is 31.2. The Bertz CT molecular complexity index is 1270. The summed E-state index contributed by atoms with van der Waals surface area (Å²) in [5, 5.41) is 8.55. The topological polar surface area (TPSA) is 0 Å². The molecule has 0 N–H and O–H groups in total. The summed E-state index contributed by atoms with van der Waals surface area (Å²) < 4.78 is 0. The van der Waals surface area contributed by atoms with Crippen LogP contribution >= 0.6 is 14.5 Å². The normalized spacial score (nSPS) is 11.7. The van der Waals surface area contributed by atoms with Crippen molar-refractivity contribution in [2.45, 2.75) is 0 Å². The predicted octanol–water partition coefficient (Wildman–Crippen LogP) is 6.93. The zero-order valence-electron chi connectivity index (χ0n) is 21.9. The summed E-state index contributed by atoms with van der Waals surface area (Å²) in [6.07, 6.45) is 0. The van der Waals surface area contributed by atoms with Crippen LogP contribution in [-0.2, 0) is 0 Å². The van der Waals surface area contributed by atoms with Crippen molar-refractivity contribution in [3.63, 3.8) is 0 Å². The van der Waals surface area contributed by atoms with E-state index in [0.717, 1.165) is 5.90 Å². The molecule has 188 valence electrons. The molecule has 6 aromatic rings. The van der Waals surface area contributed by atoms with Crippen LogP contribution in [0.5, 0.6) is 0 Å². The molecule has 0 aliphatic carbocycles. The van der Waals surface area contributed by atoms with Crippen molar-refractivity contribution in [1.29, 1.82) is 0 Å². The average molecular weight is 539 g/mol. The van der Waals surface area contributed by atoms with Crippen LogP contribution in [0.4, 0.5) is 0 Å². The molecule has 6 aromatic carbocycles. The molecule has 0 heterocycles. The zero-order valence-corrected chi connectivity index (χ0v) is 23.7. The summed E-state index contributed by atoms with van der Waals surface area (Å²) in [4.78, 5) is 0. The molecule has 0 saturated heterocycles. The van der Waals surface area contributed by atoms with Crippen LogP contribution in [-0.4, -0.2) is 5.90 Å². The van der Waals surface area contributed by atoms with E-state index in [1.165, 1.54) is 31.8 Å². The summed E-state index contributed by atoms with van der Waals surface area (Å²) in [5.41, 5.74) is 0. The van der Waals surface area contributed by atoms with Crippen LogP contribution in [0.2, 0.25) is 0 Å². The molecule has 0 amide bonds. The summed E-state index contributed by atoms with van der Waals surface area (Å²) in [6.45, 7) is 0. The van der Waals surface area contributed by atoms with Crippen molar-refractivity contribution in [2.24, 2.45) is 0 Å². The van der Waals surface area contributed by atoms with Crippen molar-refractivity contribution in [2.75, 3.05) is 5.90 Å². The van der Waals surface area contributed by atoms with Gasteiger partial charge in [0, 0.05) is 0 Å². The first kappa shape index (κ1) is 25.5. The highest BCUT2D eigenvalue weighted by Crippen LogP contribution is 2.70. The molecule has 0 nitrogen and oxygen atoms in total. The number of hydrogen-bond donors (Lipinski definition) is 0. The first-order valence-corrected chi connectivity index (χ1v) is 17.4. The van der Waals surface area contributed by atoms with Crippen LogP contribution in [0.3, 0.4) is 0 Å². The molecule has 0 aliphatic heterocycles. The molecule has 0 bridgehead atoms. The summed E-state index contributed by atoms with van der Waals surface area (Å²) in [5.74, 6) is 1.04. The Labute approximate surface area is 233 Å². The van der Waals surface area contributed by atoms with Gasteiger partial charge >= 0.3 is 0 Å². The number of rotatable bonds is 8. The van der Waals surface area contributed by atoms with Crippen molar-refractivity contribution >= 4 is 46.4 Å². The lowest BCUT2D eigenvalue weighted by Crippen LogP contribution is -2.41. The minimum atomic E-state index is -2.12. The van der Waals surface area contributed by atoms with Gasteiger partial charge in [-0.15, -0.1) is 0 Å². The minimum absolute atomic E-state index is 1.04. The molecule has 0 saturated carbocycles. The molecule has 0 unspecified atom stereocenters. The molecular formula is C37H32P2+2. The second kappa shape index (κ2) is 11.5. The third-order valence-electron chi connectivity index (χ3n) is 7.61. The molecule has 6 rings (SSSR count). The molecule has 0 fully saturated rings. The van der Waals surface area contributed by atoms with Gasteiger partial charge in [-0.2, -0.15) is 0 Å². The Morgan fingerprint density at radius 1 is 0.231 bits per heavy atom. The van der Waals surface area contributed by atoms with E-state index in [-0.39, 0.29) is 0 Å². The van der Waals surface area contributed by atoms with Gasteiger partial charge in [0.2, 0.25) is 0 Å². The fraction of sp³-hybridized carbons (Fsp3) is 0.0270. The summed E-state index contributed by atoms with van der Waals surface area (Å²) in [7, 11) is -4.24. The van der Waals surface area contributed by atoms with Crippen molar-refractivity contribution in [1.82, 2.24) is 0 Å². The Morgan fingerprint density at radius 3 is 0.538 bits per heavy atom. The van der Waals surface area contributed by atoms with Gasteiger partial charge in [-0.25, -0.2) is 0 Å². The maximum Gasteiger partial charge on any atom is 0.188 e. The zero-order chi connectivity index (χ0) is 26.4. The third kappa shape index (κ3) is 4.77. The van der Waals surface area contributed by atoms with Crippen molar-refractivity contribution in [3.8, 4) is 0 Å². The Hall–Kier alpha value is -3.82. The first-order chi connectivity index (χ1) is 19.3. The van der Waals surface area contributed by atoms with E-state index in [9.17, 15) is 0 Å². The van der Waals surface area contributed by atoms with Gasteiger partial charge < -0.3 is 0 Å². The lowest BCUT2D eigenvalue weighted by atomic mass is 10.4. The van der Waals surface area contributed by atoms with Gasteiger partial charge in [0.05, 0.1) is 0 Å². The maximum atomic E-state index is 2.36. The molecule has 39 heavy (non-hydrogen) atoms. The van der Waals surface area contributed by atoms with E-state index in [1.54, 1.807) is 0 Å². The molecular weight excluding hydrogens is 506 g/mol. The lowest BCUT2D eigenvalue weighted by Gasteiger charge is -2.34. The van der Waals surface area contributed by atoms with Crippen LogP contribution in [0.15, 0.2) is 182 Å². The summed E-state index contributed by atoms with van der Waals surface area (Å²) >= 11 is 0. The van der Waals surface area contributed by atoms with E-state index < -0.39 is 14.5 Å². The quantitative estimate of drug-likeness (QED) is 0.184. The second-order valence-electron chi connectivity index (χ2n) is 9.77. The standard InChI is InChI=1S/C37H32P2/c1-7-19-32(20-8-1)38(33-21-9-2-10-22-33,34-23-11-3-12-24-34)31-39(35-25-13-4-14-26-35,36-27-15-5-16-28-36)37-29-17-6-18-30-37/h1-30H,31H2/q+2. The molecule has 0 aliphatic rings. The highest BCUT2D eigenvalue weighted by molar-refractivity contribution is 8.10. The average Bonchev–Trinajstić information content (AvgIpc) is 3.04. The van der Waals surface area contributed by atoms with Gasteiger partial charge in [0.1, 0.15) is 31.8 Å². The molecule has 2 heteroatoms. The fourth-order valence-corrected chi connectivity index (χ4v) is 18.1. The van der Waals surface area contributed by atoms with Crippen LogP contribution in [0.1, 0.15) is 0 Å². The molecule has 0 radical (unpaired) electrons. The maximum absolute atomic E-state index is 2.36. The van der Waals surface area contributed by atoms with E-state index in [1.807, 2.05) is 0 Å². The Balaban J connectivity index is 1.76. The van der Waals surface area contributed by atoms with Crippen molar-refractivity contribution in [3.05, 3.63) is 182 Å². The first-order valence-electron chi connectivity index (χ1n) is 13.4. The monoisotopic (exact) mass is 538 g/mol. The SMILES string of the molecule is c1ccc([P+](C[P+](c2ccccc2)(c2ccccc2)c2ccccc2)(c2ccccc2)c2ccccc2)cc1. The largest absolute Gasteiger partial charge is 0.188 e. The highest BCUT2D eigenvalue weighted by Gasteiger charge is 2.59. The van der Waals surface area contributed by atoms with Gasteiger partial charge in [-0.3, -0.25) is 0 Å². The van der Waals surface area contributed by atoms with Gasteiger partial charge in [-0.1, -0.05) is 109 Å². The Morgan fingerprint density at radius 2 is 0.385 bits per heavy atom. The van der Waals surface area contributed by atoms with E-state index in [0.29, 0.717) is 0 Å². The smallest absolute Gasteiger partial charge is 0.0620 e. The molecule has 0 spiro atoms. The summed E-state index contributed by atoms with van der Waals surface area (Å²) in [6, 6.07) is 67.8. The third-order valence-corrected chi connectivity index (χ3v) is 18.1. The molecule has 0 aromatic heterocycles. The van der Waals surface area contributed by atoms with Crippen LogP contribution in [0, 0.1) is 0 Å². The van der Waals surface area contributed by atoms with Gasteiger partial charge in [-0.05, 0) is 72.8 Å². The number of benzene rings is 6. The fourth-order valence-electron chi connectivity index (χ4n) is 5.80. The van der Waals surface area contributed by atoms with E-state index >= 15 is 0 Å². The van der Waals surface area contributed by atoms with Gasteiger partial charge in [0.15, 0.2) is 20.4 Å². The van der Waals surface area contributed by atoms with E-state index in [4.69, 9.17) is 0 Å².